The van der Waals surface area contributed by atoms with Crippen LogP contribution in [-0.2, 0) is 51.2 Å². The highest BCUT2D eigenvalue weighted by Gasteiger charge is 2.15. The molecule has 8 aromatic rings. The van der Waals surface area contributed by atoms with Gasteiger partial charge in [-0.15, -0.1) is 0 Å². The lowest BCUT2D eigenvalue weighted by Crippen LogP contribution is -2.14. The van der Waals surface area contributed by atoms with Gasteiger partial charge in [-0.1, -0.05) is 161 Å². The minimum Gasteiger partial charge on any atom is -0.478 e. The predicted molar refractivity (Wildman–Crippen MR) is 375 cm³/mol. The number of ether oxygens (including phenoxy) is 1. The fraction of sp³-hybridized carbons (Fsp3) is 0.134. The van der Waals surface area contributed by atoms with Crippen LogP contribution in [0.5, 0.6) is 0 Å². The van der Waals surface area contributed by atoms with E-state index in [1.54, 1.807) is 36.4 Å². The molecule has 89 heavy (non-hydrogen) atoms. The zero-order valence-electron chi connectivity index (χ0n) is 49.2. The van der Waals surface area contributed by atoms with Crippen LogP contribution in [0.3, 0.4) is 0 Å². The van der Waals surface area contributed by atoms with Gasteiger partial charge < -0.3 is 19.8 Å². The number of carbonyl (C=O) groups excluding carboxylic acids is 1. The Morgan fingerprint density at radius 2 is 0.708 bits per heavy atom. The summed E-state index contributed by atoms with van der Waals surface area (Å²) in [5.74, 6) is -1.37. The number of aliphatic carboxylic acids is 1. The van der Waals surface area contributed by atoms with E-state index in [1.807, 2.05) is 152 Å². The molecule has 0 amide bonds. The number of rotatable bonds is 25. The molecule has 0 fully saturated rings. The molecule has 0 aliphatic rings. The molecule has 0 atom stereocenters. The van der Waals surface area contributed by atoms with E-state index in [2.05, 4.69) is 133 Å². The van der Waals surface area contributed by atoms with Crippen LogP contribution in [0, 0.1) is 0 Å². The predicted octanol–water partition coefficient (Wildman–Crippen LogP) is 19.1. The number of aliphatic hydroxyl groups is 1. The van der Waals surface area contributed by atoms with E-state index < -0.39 is 11.9 Å². The molecule has 466 valence electrons. The summed E-state index contributed by atoms with van der Waals surface area (Å²) in [6.07, 6.45) is 7.63. The SMILES string of the molecule is COOSc1ccc(/C(=C\c2cccc(Br)c2)C(=O)O)cc1.COOSc1ccc(/C(=C\c2cccc(Br)c2)C(=O)OC)cc1.COOSc1ccc(/C(=C\c2cccc(Br)c2)CN(C)C)cc1.COOSc1ccc(/C(=C\c2cccc(Br)c2)CO)cc1. The number of carbonyl (C=O) groups is 2. The topological polar surface area (TPSA) is 161 Å². The second-order valence-electron chi connectivity index (χ2n) is 18.2. The van der Waals surface area contributed by atoms with Crippen LogP contribution in [0.1, 0.15) is 44.5 Å². The molecule has 0 unspecified atom stereocenters. The quantitative estimate of drug-likeness (QED) is 0.0139. The number of carboxylic acid groups (broad SMARTS) is 1. The van der Waals surface area contributed by atoms with Gasteiger partial charge in [-0.2, -0.15) is 17.3 Å². The van der Waals surface area contributed by atoms with Gasteiger partial charge in [0, 0.05) is 44.0 Å². The van der Waals surface area contributed by atoms with Crippen molar-refractivity contribution in [3.05, 3.63) is 257 Å². The third kappa shape index (κ3) is 27.9. The maximum Gasteiger partial charge on any atom is 0.338 e. The molecule has 0 aliphatic heterocycles. The Bertz CT molecular complexity index is 3590. The van der Waals surface area contributed by atoms with Crippen molar-refractivity contribution < 1.29 is 61.4 Å². The summed E-state index contributed by atoms with van der Waals surface area (Å²) in [5, 5.41) is 19.0. The maximum absolute atomic E-state index is 12.1. The van der Waals surface area contributed by atoms with Crippen LogP contribution in [0.25, 0.3) is 46.6 Å². The van der Waals surface area contributed by atoms with E-state index >= 15 is 0 Å². The van der Waals surface area contributed by atoms with Gasteiger partial charge >= 0.3 is 11.9 Å². The summed E-state index contributed by atoms with van der Waals surface area (Å²) in [4.78, 5) is 47.6. The Kier molecular flexibility index (Phi) is 35.0. The van der Waals surface area contributed by atoms with Crippen LogP contribution in [-0.4, -0.2) is 89.8 Å². The van der Waals surface area contributed by atoms with Crippen LogP contribution in [0.15, 0.2) is 232 Å². The smallest absolute Gasteiger partial charge is 0.338 e. The third-order valence-corrected chi connectivity index (χ3v) is 16.2. The van der Waals surface area contributed by atoms with Gasteiger partial charge in [0.15, 0.2) is 0 Å². The molecule has 0 spiro atoms. The molecule has 8 aromatic carbocycles. The van der Waals surface area contributed by atoms with Crippen LogP contribution < -0.4 is 0 Å². The standard InChI is InChI=1S/C18H20BrNO2S.C17H15BrO4S.C16H13BrO4S.C16H15BrO3S/c1-20(2)13-16(11-14-5-4-6-17(19)12-14)15-7-9-18(10-8-15)23-22-21-3;1-20-17(19)16(11-12-4-3-5-14(18)10-12)13-6-8-15(9-7-13)23-22-21-2;1-20-21-22-14-7-5-12(6-8-14)15(16(18)19)10-11-3-2-4-13(17)9-11;1-19-20-21-16-7-5-13(6-8-16)14(11-18)9-12-3-2-4-15(17)10-12/h4-12H,13H2,1-3H3;3-11H,1-2H3;2-10H,1H3,(H,18,19);2-10,18H,11H2,1H3/b16-11-;16-11+;15-10+;14-9-. The van der Waals surface area contributed by atoms with Crippen molar-refractivity contribution >= 4 is 170 Å². The molecule has 0 bridgehead atoms. The molecule has 0 saturated heterocycles. The van der Waals surface area contributed by atoms with Gasteiger partial charge in [0.2, 0.25) is 0 Å². The average molecular weight is 1540 g/mol. The van der Waals surface area contributed by atoms with E-state index in [0.29, 0.717) is 11.1 Å². The first-order valence-corrected chi connectivity index (χ1v) is 32.5. The van der Waals surface area contributed by atoms with Gasteiger partial charge in [-0.05, 0) is 191 Å². The summed E-state index contributed by atoms with van der Waals surface area (Å²) < 4.78 is 28.1. The second kappa shape index (κ2) is 41.9. The summed E-state index contributed by atoms with van der Waals surface area (Å²) in [7, 11) is 11.3. The van der Waals surface area contributed by atoms with E-state index in [4.69, 9.17) is 22.1 Å². The maximum atomic E-state index is 12.1. The van der Waals surface area contributed by atoms with Crippen molar-refractivity contribution in [2.75, 3.05) is 62.8 Å². The lowest BCUT2D eigenvalue weighted by Gasteiger charge is -2.14. The normalized spacial score (nSPS) is 11.6. The molecule has 8 rings (SSSR count). The molecule has 0 aromatic heterocycles. The van der Waals surface area contributed by atoms with Gasteiger partial charge in [0.05, 0.1) is 101 Å². The number of halogens is 4. The number of aliphatic hydroxyl groups excluding tert-OH is 1. The highest BCUT2D eigenvalue weighted by atomic mass is 79.9. The average Bonchev–Trinajstić information content (AvgIpc) is 3.64. The Balaban J connectivity index is 0.000000216. The van der Waals surface area contributed by atoms with Crippen molar-refractivity contribution in [3.63, 3.8) is 0 Å². The van der Waals surface area contributed by atoms with E-state index in [9.17, 15) is 19.8 Å². The number of methoxy groups -OCH3 is 1. The molecule has 0 heterocycles. The molecule has 0 saturated carbocycles. The lowest BCUT2D eigenvalue weighted by molar-refractivity contribution is -0.160. The zero-order valence-corrected chi connectivity index (χ0v) is 58.8. The first-order chi connectivity index (χ1) is 43.0. The highest BCUT2D eigenvalue weighted by Crippen LogP contribution is 2.30. The van der Waals surface area contributed by atoms with Crippen molar-refractivity contribution in [2.45, 2.75) is 19.6 Å². The Morgan fingerprint density at radius 1 is 0.416 bits per heavy atom. The zero-order chi connectivity index (χ0) is 64.3. The van der Waals surface area contributed by atoms with E-state index in [1.165, 1.54) is 64.3 Å². The van der Waals surface area contributed by atoms with Crippen LogP contribution in [0.2, 0.25) is 0 Å². The molecule has 0 radical (unpaired) electrons. The second-order valence-corrected chi connectivity index (χ2v) is 25.0. The van der Waals surface area contributed by atoms with Gasteiger partial charge in [-0.25, -0.2) is 29.1 Å². The van der Waals surface area contributed by atoms with Crippen LogP contribution >= 0.6 is 112 Å². The summed E-state index contributed by atoms with van der Waals surface area (Å²) >= 11 is 18.3. The number of nitrogens with zero attached hydrogens (tertiary/aromatic N) is 1. The van der Waals surface area contributed by atoms with Gasteiger partial charge in [0.1, 0.15) is 0 Å². The number of hydrogen-bond acceptors (Lipinski definition) is 17. The molecule has 22 heteroatoms. The first kappa shape index (κ1) is 74.3. The minimum atomic E-state index is -0.978. The molecule has 14 nitrogen and oxygen atoms in total. The highest BCUT2D eigenvalue weighted by molar-refractivity contribution is 9.11. The Hall–Kier alpha value is -5.42. The monoisotopic (exact) mass is 1530 g/mol. The number of benzene rings is 8. The third-order valence-electron chi connectivity index (χ3n) is 11.6. The molecular weight excluding hydrogens is 1470 g/mol. The van der Waals surface area contributed by atoms with Crippen LogP contribution in [0.4, 0.5) is 0 Å². The van der Waals surface area contributed by atoms with E-state index in [0.717, 1.165) is 114 Å². The summed E-state index contributed by atoms with van der Waals surface area (Å²) in [5.41, 5.74) is 10.3. The summed E-state index contributed by atoms with van der Waals surface area (Å²) in [6, 6.07) is 61.8. The van der Waals surface area contributed by atoms with Crippen molar-refractivity contribution in [1.29, 1.82) is 0 Å². The fourth-order valence-electron chi connectivity index (χ4n) is 7.66. The fourth-order valence-corrected chi connectivity index (χ4v) is 10.9. The van der Waals surface area contributed by atoms with Gasteiger partial charge in [-0.3, -0.25) is 0 Å². The van der Waals surface area contributed by atoms with E-state index in [-0.39, 0.29) is 12.2 Å². The van der Waals surface area contributed by atoms with Crippen molar-refractivity contribution in [3.8, 4) is 0 Å². The number of carboxylic acids is 1. The molecule has 0 aliphatic carbocycles. The Labute approximate surface area is 570 Å². The largest absolute Gasteiger partial charge is 0.478 e. The summed E-state index contributed by atoms with van der Waals surface area (Å²) in [6.45, 7) is 0.848. The number of hydrogen-bond donors (Lipinski definition) is 2. The first-order valence-electron chi connectivity index (χ1n) is 26.4. The van der Waals surface area contributed by atoms with Gasteiger partial charge in [0.25, 0.3) is 0 Å². The van der Waals surface area contributed by atoms with Crippen molar-refractivity contribution in [2.24, 2.45) is 0 Å². The number of esters is 1. The van der Waals surface area contributed by atoms with Crippen molar-refractivity contribution in [1.82, 2.24) is 4.90 Å². The minimum absolute atomic E-state index is 0.0203. The Morgan fingerprint density at radius 3 is 1.00 bits per heavy atom. The molecule has 2 N–H and O–H groups in total. The molecular formula is C67H63Br4NO13S4. The number of likely N-dealkylation sites (N-methyl/N-ethyl adjacent to an activating group) is 1. The lowest BCUT2D eigenvalue weighted by atomic mass is 10.0.